The first-order chi connectivity index (χ1) is 21.0. The van der Waals surface area contributed by atoms with Gasteiger partial charge in [0.2, 0.25) is 5.91 Å². The van der Waals surface area contributed by atoms with Crippen molar-refractivity contribution in [3.8, 4) is 17.2 Å². The fourth-order valence-corrected chi connectivity index (χ4v) is 6.46. The van der Waals surface area contributed by atoms with Crippen molar-refractivity contribution in [2.75, 3.05) is 26.5 Å². The summed E-state index contributed by atoms with van der Waals surface area (Å²) in [6, 6.07) is 29.5. The lowest BCUT2D eigenvalue weighted by atomic mass is 10.1. The number of thioether (sulfide) groups is 1. The van der Waals surface area contributed by atoms with Gasteiger partial charge in [-0.25, -0.2) is 0 Å². The van der Waals surface area contributed by atoms with Crippen molar-refractivity contribution < 1.29 is 23.8 Å². The van der Waals surface area contributed by atoms with Crippen LogP contribution >= 0.6 is 23.4 Å². The summed E-state index contributed by atoms with van der Waals surface area (Å²) in [5.74, 6) is 2.07. The minimum Gasteiger partial charge on any atom is -0.493 e. The van der Waals surface area contributed by atoms with Crippen molar-refractivity contribution in [1.29, 1.82) is 0 Å². The zero-order valence-electron chi connectivity index (χ0n) is 24.0. The minimum atomic E-state index is -0.641. The standard InChI is InChI=1S/C34H33ClN2O5S/c1-40-30-17-8-23(20-31(30)41-2)18-19-36-32(38)29-22-43-34(37(29)33(39)25-9-13-27(35)14-10-25)26-11-15-28(16-12-26)42-21-24-6-4-3-5-7-24/h3-17,20,29,34H,18-19,21-22H2,1-2H3,(H,36,38). The van der Waals surface area contributed by atoms with Gasteiger partial charge in [-0.3, -0.25) is 9.59 Å². The molecular weight excluding hydrogens is 584 g/mol. The summed E-state index contributed by atoms with van der Waals surface area (Å²) in [4.78, 5) is 29.0. The van der Waals surface area contributed by atoms with Crippen LogP contribution in [0, 0.1) is 0 Å². The van der Waals surface area contributed by atoms with Gasteiger partial charge in [0.15, 0.2) is 11.5 Å². The molecule has 43 heavy (non-hydrogen) atoms. The molecule has 2 atom stereocenters. The van der Waals surface area contributed by atoms with Gasteiger partial charge in [0, 0.05) is 22.9 Å². The van der Waals surface area contributed by atoms with Crippen LogP contribution in [0.3, 0.4) is 0 Å². The molecule has 222 valence electrons. The summed E-state index contributed by atoms with van der Waals surface area (Å²) in [6.07, 6.45) is 0.602. The first-order valence-corrected chi connectivity index (χ1v) is 15.3. The van der Waals surface area contributed by atoms with E-state index in [1.54, 1.807) is 55.1 Å². The lowest BCUT2D eigenvalue weighted by molar-refractivity contribution is -0.124. The second kappa shape index (κ2) is 14.4. The van der Waals surface area contributed by atoms with E-state index in [4.69, 9.17) is 25.8 Å². The summed E-state index contributed by atoms with van der Waals surface area (Å²) in [7, 11) is 3.19. The van der Waals surface area contributed by atoms with E-state index in [1.807, 2.05) is 72.8 Å². The first kappa shape index (κ1) is 30.3. The van der Waals surface area contributed by atoms with Crippen LogP contribution in [0.25, 0.3) is 0 Å². The maximum absolute atomic E-state index is 13.8. The average molecular weight is 617 g/mol. The lowest BCUT2D eigenvalue weighted by Crippen LogP contribution is -2.48. The second-order valence-corrected chi connectivity index (χ2v) is 11.5. The molecule has 0 saturated carbocycles. The highest BCUT2D eigenvalue weighted by Crippen LogP contribution is 2.43. The molecule has 9 heteroatoms. The molecule has 2 amide bonds. The number of ether oxygens (including phenoxy) is 3. The van der Waals surface area contributed by atoms with Gasteiger partial charge in [0.1, 0.15) is 23.8 Å². The summed E-state index contributed by atoms with van der Waals surface area (Å²) in [5, 5.41) is 3.24. The van der Waals surface area contributed by atoms with Crippen LogP contribution in [0.4, 0.5) is 0 Å². The van der Waals surface area contributed by atoms with Gasteiger partial charge in [0.25, 0.3) is 5.91 Å². The maximum Gasteiger partial charge on any atom is 0.255 e. The average Bonchev–Trinajstić information content (AvgIpc) is 3.50. The Morgan fingerprint density at radius 3 is 2.30 bits per heavy atom. The molecule has 0 radical (unpaired) electrons. The molecule has 1 N–H and O–H groups in total. The van der Waals surface area contributed by atoms with E-state index in [2.05, 4.69) is 5.32 Å². The molecule has 1 heterocycles. The third-order valence-electron chi connectivity index (χ3n) is 7.20. The normalized spacial score (nSPS) is 16.0. The molecule has 0 bridgehead atoms. The van der Waals surface area contributed by atoms with Crippen LogP contribution < -0.4 is 19.5 Å². The smallest absolute Gasteiger partial charge is 0.255 e. The third kappa shape index (κ3) is 7.45. The molecular formula is C34H33ClN2O5S. The summed E-state index contributed by atoms with van der Waals surface area (Å²) in [6.45, 7) is 0.877. The van der Waals surface area contributed by atoms with Crippen LogP contribution in [-0.4, -0.2) is 49.3 Å². The van der Waals surface area contributed by atoms with Crippen molar-refractivity contribution in [2.24, 2.45) is 0 Å². The number of rotatable bonds is 11. The Hall–Kier alpha value is -4.14. The Balaban J connectivity index is 1.29. The van der Waals surface area contributed by atoms with Gasteiger partial charge in [-0.2, -0.15) is 0 Å². The highest BCUT2D eigenvalue weighted by molar-refractivity contribution is 7.99. The van der Waals surface area contributed by atoms with E-state index in [-0.39, 0.29) is 17.2 Å². The van der Waals surface area contributed by atoms with Crippen molar-refractivity contribution in [2.45, 2.75) is 24.4 Å². The van der Waals surface area contributed by atoms with E-state index < -0.39 is 6.04 Å². The van der Waals surface area contributed by atoms with Gasteiger partial charge in [-0.15, -0.1) is 11.8 Å². The fourth-order valence-electron chi connectivity index (χ4n) is 4.91. The monoisotopic (exact) mass is 616 g/mol. The predicted octanol–water partition coefficient (Wildman–Crippen LogP) is 6.55. The van der Waals surface area contributed by atoms with Crippen LogP contribution in [0.1, 0.15) is 32.4 Å². The molecule has 0 aliphatic carbocycles. The molecule has 5 rings (SSSR count). The first-order valence-electron chi connectivity index (χ1n) is 13.9. The van der Waals surface area contributed by atoms with Crippen LogP contribution in [-0.2, 0) is 17.8 Å². The van der Waals surface area contributed by atoms with Gasteiger partial charge in [-0.1, -0.05) is 60.1 Å². The largest absolute Gasteiger partial charge is 0.493 e. The van der Waals surface area contributed by atoms with Crippen molar-refractivity contribution >= 4 is 35.2 Å². The molecule has 1 aliphatic heterocycles. The van der Waals surface area contributed by atoms with Gasteiger partial charge in [0.05, 0.1) is 14.2 Å². The van der Waals surface area contributed by atoms with E-state index >= 15 is 0 Å². The Labute approximate surface area is 261 Å². The Morgan fingerprint density at radius 1 is 0.884 bits per heavy atom. The summed E-state index contributed by atoms with van der Waals surface area (Å²) in [5.41, 5.74) is 3.47. The fraction of sp³-hybridized carbons (Fsp3) is 0.235. The van der Waals surface area contributed by atoms with Gasteiger partial charge in [-0.05, 0) is 71.6 Å². The number of nitrogens with zero attached hydrogens (tertiary/aromatic N) is 1. The molecule has 2 unspecified atom stereocenters. The second-order valence-electron chi connectivity index (χ2n) is 9.99. The van der Waals surface area contributed by atoms with Crippen molar-refractivity contribution in [3.63, 3.8) is 0 Å². The number of carbonyl (C=O) groups is 2. The lowest BCUT2D eigenvalue weighted by Gasteiger charge is -2.29. The number of carbonyl (C=O) groups excluding carboxylic acids is 2. The quantitative estimate of drug-likeness (QED) is 0.206. The molecule has 1 fully saturated rings. The van der Waals surface area contributed by atoms with Crippen LogP contribution in [0.5, 0.6) is 17.2 Å². The number of hydrogen-bond acceptors (Lipinski definition) is 6. The molecule has 0 spiro atoms. The molecule has 7 nitrogen and oxygen atoms in total. The summed E-state index contributed by atoms with van der Waals surface area (Å²) >= 11 is 7.65. The third-order valence-corrected chi connectivity index (χ3v) is 8.78. The van der Waals surface area contributed by atoms with E-state index in [9.17, 15) is 9.59 Å². The van der Waals surface area contributed by atoms with Gasteiger partial charge >= 0.3 is 0 Å². The molecule has 1 saturated heterocycles. The molecule has 4 aromatic rings. The topological polar surface area (TPSA) is 77.1 Å². The van der Waals surface area contributed by atoms with Crippen LogP contribution in [0.2, 0.25) is 5.02 Å². The number of methoxy groups -OCH3 is 2. The minimum absolute atomic E-state index is 0.194. The summed E-state index contributed by atoms with van der Waals surface area (Å²) < 4.78 is 16.7. The Morgan fingerprint density at radius 2 is 1.60 bits per heavy atom. The molecule has 4 aromatic carbocycles. The zero-order chi connectivity index (χ0) is 30.2. The Kier molecular flexibility index (Phi) is 10.1. The van der Waals surface area contributed by atoms with Crippen LogP contribution in [0.15, 0.2) is 97.1 Å². The number of halogens is 1. The van der Waals surface area contributed by atoms with E-state index in [0.717, 1.165) is 22.4 Å². The zero-order valence-corrected chi connectivity index (χ0v) is 25.6. The number of nitrogens with one attached hydrogen (secondary N) is 1. The Bertz CT molecular complexity index is 1530. The number of benzene rings is 4. The number of hydrogen-bond donors (Lipinski definition) is 1. The maximum atomic E-state index is 13.8. The number of amides is 2. The predicted molar refractivity (Wildman–Crippen MR) is 170 cm³/mol. The highest BCUT2D eigenvalue weighted by atomic mass is 35.5. The SMILES string of the molecule is COc1ccc(CCNC(=O)C2CSC(c3ccc(OCc4ccccc4)cc3)N2C(=O)c2ccc(Cl)cc2)cc1OC. The van der Waals surface area contributed by atoms with E-state index in [0.29, 0.717) is 47.4 Å². The van der Waals surface area contributed by atoms with Crippen molar-refractivity contribution in [3.05, 3.63) is 124 Å². The van der Waals surface area contributed by atoms with Crippen molar-refractivity contribution in [1.82, 2.24) is 10.2 Å². The van der Waals surface area contributed by atoms with Gasteiger partial charge < -0.3 is 24.4 Å². The van der Waals surface area contributed by atoms with E-state index in [1.165, 1.54) is 0 Å². The molecule has 0 aromatic heterocycles. The molecule has 1 aliphatic rings. The highest BCUT2D eigenvalue weighted by Gasteiger charge is 2.42.